The van der Waals surface area contributed by atoms with Gasteiger partial charge in [0.2, 0.25) is 0 Å². The van der Waals surface area contributed by atoms with E-state index in [1.165, 1.54) is 19.4 Å². The standard InChI is InChI=1S/C8H17N2OP/c11-6-8-4-9-3-1-2-7(9)5-10(8)12/h7-8,11H,1-6,12H2. The zero-order valence-electron chi connectivity index (χ0n) is 7.32. The minimum absolute atomic E-state index is 0.284. The zero-order valence-corrected chi connectivity index (χ0v) is 8.47. The molecule has 0 saturated carbocycles. The van der Waals surface area contributed by atoms with E-state index < -0.39 is 0 Å². The largest absolute Gasteiger partial charge is 0.395 e. The van der Waals surface area contributed by atoms with E-state index in [0.717, 1.165) is 19.1 Å². The first-order chi connectivity index (χ1) is 5.81. The van der Waals surface area contributed by atoms with Crippen molar-refractivity contribution in [3.63, 3.8) is 0 Å². The average Bonchev–Trinajstić information content (AvgIpc) is 2.49. The van der Waals surface area contributed by atoms with E-state index in [2.05, 4.69) is 19.0 Å². The fraction of sp³-hybridized carbons (Fsp3) is 1.00. The molecule has 70 valence electrons. The maximum atomic E-state index is 9.10. The van der Waals surface area contributed by atoms with E-state index in [9.17, 15) is 0 Å². The molecule has 0 amide bonds. The van der Waals surface area contributed by atoms with Crippen molar-refractivity contribution in [2.24, 2.45) is 0 Å². The van der Waals surface area contributed by atoms with Crippen LogP contribution in [0.15, 0.2) is 0 Å². The van der Waals surface area contributed by atoms with Crippen molar-refractivity contribution in [2.45, 2.75) is 24.9 Å². The van der Waals surface area contributed by atoms with E-state index in [0.29, 0.717) is 6.04 Å². The number of piperazine rings is 1. The highest BCUT2D eigenvalue weighted by atomic mass is 31.0. The van der Waals surface area contributed by atoms with Crippen LogP contribution < -0.4 is 0 Å². The predicted octanol–water partition coefficient (Wildman–Crippen LogP) is -0.0826. The van der Waals surface area contributed by atoms with Crippen molar-refractivity contribution in [1.82, 2.24) is 9.57 Å². The molecule has 0 aromatic rings. The normalized spacial score (nSPS) is 38.5. The molecule has 0 aliphatic carbocycles. The lowest BCUT2D eigenvalue weighted by Gasteiger charge is -2.40. The molecule has 2 rings (SSSR count). The second kappa shape index (κ2) is 3.59. The molecule has 2 fully saturated rings. The van der Waals surface area contributed by atoms with Gasteiger partial charge < -0.3 is 5.11 Å². The lowest BCUT2D eigenvalue weighted by Crippen LogP contribution is -2.53. The molecule has 2 heterocycles. The second-order valence-electron chi connectivity index (χ2n) is 3.82. The molecule has 0 bridgehead atoms. The summed E-state index contributed by atoms with van der Waals surface area (Å²) in [5.41, 5.74) is 0. The third kappa shape index (κ3) is 1.51. The third-order valence-electron chi connectivity index (χ3n) is 3.05. The van der Waals surface area contributed by atoms with Gasteiger partial charge in [0.05, 0.1) is 6.61 Å². The van der Waals surface area contributed by atoms with Crippen LogP contribution in [0.4, 0.5) is 0 Å². The molecule has 12 heavy (non-hydrogen) atoms. The first-order valence-corrected chi connectivity index (χ1v) is 5.19. The highest BCUT2D eigenvalue weighted by Crippen LogP contribution is 2.26. The Labute approximate surface area is 76.0 Å². The number of aliphatic hydroxyl groups excluding tert-OH is 1. The van der Waals surface area contributed by atoms with Crippen molar-refractivity contribution in [2.75, 3.05) is 26.2 Å². The van der Waals surface area contributed by atoms with Crippen molar-refractivity contribution in [1.29, 1.82) is 0 Å². The molecule has 0 radical (unpaired) electrons. The van der Waals surface area contributed by atoms with E-state index in [1.807, 2.05) is 0 Å². The van der Waals surface area contributed by atoms with Crippen molar-refractivity contribution >= 4 is 9.39 Å². The lowest BCUT2D eigenvalue weighted by molar-refractivity contribution is 0.0784. The number of rotatable bonds is 1. The van der Waals surface area contributed by atoms with Gasteiger partial charge in [-0.1, -0.05) is 9.39 Å². The monoisotopic (exact) mass is 188 g/mol. The summed E-state index contributed by atoms with van der Waals surface area (Å²) in [6.07, 6.45) is 2.67. The number of nitrogens with zero attached hydrogens (tertiary/aromatic N) is 2. The smallest absolute Gasteiger partial charge is 0.0602 e. The van der Waals surface area contributed by atoms with Gasteiger partial charge in [0.25, 0.3) is 0 Å². The highest BCUT2D eigenvalue weighted by molar-refractivity contribution is 7.13. The zero-order chi connectivity index (χ0) is 8.55. The van der Waals surface area contributed by atoms with Crippen LogP contribution in [-0.4, -0.2) is 53.0 Å². The molecule has 0 aromatic carbocycles. The second-order valence-corrected chi connectivity index (χ2v) is 4.49. The van der Waals surface area contributed by atoms with E-state index in [1.54, 1.807) is 0 Å². The van der Waals surface area contributed by atoms with Gasteiger partial charge in [-0.05, 0) is 19.4 Å². The molecule has 0 aromatic heterocycles. The van der Waals surface area contributed by atoms with Gasteiger partial charge in [-0.2, -0.15) is 0 Å². The Hall–Kier alpha value is 0.310. The molecule has 2 aliphatic heterocycles. The fourth-order valence-electron chi connectivity index (χ4n) is 2.27. The molecule has 2 saturated heterocycles. The van der Waals surface area contributed by atoms with Crippen molar-refractivity contribution in [3.05, 3.63) is 0 Å². The highest BCUT2D eigenvalue weighted by Gasteiger charge is 2.34. The van der Waals surface area contributed by atoms with E-state index in [4.69, 9.17) is 5.11 Å². The van der Waals surface area contributed by atoms with Gasteiger partial charge in [-0.15, -0.1) is 0 Å². The molecule has 1 N–H and O–H groups in total. The van der Waals surface area contributed by atoms with E-state index in [-0.39, 0.29) is 6.61 Å². The summed E-state index contributed by atoms with van der Waals surface area (Å²) in [4.78, 5) is 2.52. The Kier molecular flexibility index (Phi) is 2.66. The number of hydrogen-bond donors (Lipinski definition) is 1. The van der Waals surface area contributed by atoms with Crippen LogP contribution in [0.3, 0.4) is 0 Å². The van der Waals surface area contributed by atoms with Crippen LogP contribution in [0, 0.1) is 0 Å². The number of fused-ring (bicyclic) bond motifs is 1. The predicted molar refractivity (Wildman–Crippen MR) is 51.9 cm³/mol. The summed E-state index contributed by atoms with van der Waals surface area (Å²) in [5, 5.41) is 9.10. The summed E-state index contributed by atoms with van der Waals surface area (Å²) in [6.45, 7) is 3.67. The van der Waals surface area contributed by atoms with Gasteiger partial charge in [-0.3, -0.25) is 9.57 Å². The maximum Gasteiger partial charge on any atom is 0.0602 e. The summed E-state index contributed by atoms with van der Waals surface area (Å²) in [5.74, 6) is 0. The maximum absolute atomic E-state index is 9.10. The Morgan fingerprint density at radius 3 is 3.00 bits per heavy atom. The SMILES string of the molecule is OCC1CN2CCCC2CN1P. The van der Waals surface area contributed by atoms with Gasteiger partial charge in [-0.25, -0.2) is 0 Å². The number of aliphatic hydroxyl groups is 1. The molecular weight excluding hydrogens is 171 g/mol. The van der Waals surface area contributed by atoms with E-state index >= 15 is 0 Å². The van der Waals surface area contributed by atoms with Crippen LogP contribution in [0.5, 0.6) is 0 Å². The molecule has 3 unspecified atom stereocenters. The van der Waals surface area contributed by atoms with Crippen LogP contribution in [-0.2, 0) is 0 Å². The molecular formula is C8H17N2OP. The van der Waals surface area contributed by atoms with Crippen molar-refractivity contribution < 1.29 is 5.11 Å². The van der Waals surface area contributed by atoms with Gasteiger partial charge in [0.1, 0.15) is 0 Å². The van der Waals surface area contributed by atoms with Gasteiger partial charge in [0, 0.05) is 25.2 Å². The Morgan fingerprint density at radius 1 is 1.42 bits per heavy atom. The molecule has 4 heteroatoms. The van der Waals surface area contributed by atoms with Crippen LogP contribution in [0.1, 0.15) is 12.8 Å². The lowest BCUT2D eigenvalue weighted by atomic mass is 10.1. The van der Waals surface area contributed by atoms with Crippen LogP contribution >= 0.6 is 9.39 Å². The first-order valence-electron chi connectivity index (χ1n) is 4.67. The summed E-state index contributed by atoms with van der Waals surface area (Å²) in [7, 11) is 2.73. The molecule has 0 spiro atoms. The average molecular weight is 188 g/mol. The topological polar surface area (TPSA) is 26.7 Å². The minimum Gasteiger partial charge on any atom is -0.395 e. The summed E-state index contributed by atoms with van der Waals surface area (Å²) >= 11 is 0. The summed E-state index contributed by atoms with van der Waals surface area (Å²) in [6, 6.07) is 1.09. The molecule has 3 nitrogen and oxygen atoms in total. The third-order valence-corrected chi connectivity index (χ3v) is 3.68. The Morgan fingerprint density at radius 2 is 2.25 bits per heavy atom. The minimum atomic E-state index is 0.284. The van der Waals surface area contributed by atoms with Crippen LogP contribution in [0.2, 0.25) is 0 Å². The van der Waals surface area contributed by atoms with Gasteiger partial charge >= 0.3 is 0 Å². The fourth-order valence-corrected chi connectivity index (χ4v) is 2.70. The number of hydrogen-bond acceptors (Lipinski definition) is 3. The molecule has 3 atom stereocenters. The molecule has 2 aliphatic rings. The quantitative estimate of drug-likeness (QED) is 0.583. The Balaban J connectivity index is 1.98. The van der Waals surface area contributed by atoms with Gasteiger partial charge in [0.15, 0.2) is 0 Å². The Bertz CT molecular complexity index is 167. The van der Waals surface area contributed by atoms with Crippen LogP contribution in [0.25, 0.3) is 0 Å². The first kappa shape index (κ1) is 8.89. The van der Waals surface area contributed by atoms with Crippen molar-refractivity contribution in [3.8, 4) is 0 Å². The summed E-state index contributed by atoms with van der Waals surface area (Å²) < 4.78 is 2.21.